The van der Waals surface area contributed by atoms with E-state index in [9.17, 15) is 72.5 Å². The number of benzene rings is 7. The molecule has 1 aliphatic heterocycles. The summed E-state index contributed by atoms with van der Waals surface area (Å²) in [5.41, 5.74) is 2.43. The van der Waals surface area contributed by atoms with E-state index in [0.717, 1.165) is 42.0 Å². The van der Waals surface area contributed by atoms with E-state index in [1.165, 1.54) is 42.5 Å². The molecule has 0 fully saturated rings. The van der Waals surface area contributed by atoms with Crippen LogP contribution in [-0.4, -0.2) is 76.0 Å². The Bertz CT molecular complexity index is 4450. The number of hydrogen-bond acceptors (Lipinski definition) is 14. The summed E-state index contributed by atoms with van der Waals surface area (Å²) in [7, 11) is -19.3. The number of aryl methyl sites for hydroxylation is 4. The number of hydrogen-bond donors (Lipinski definition) is 8. The minimum absolute atomic E-state index is 0.0264. The van der Waals surface area contributed by atoms with Gasteiger partial charge in [-0.1, -0.05) is 64.1 Å². The van der Waals surface area contributed by atoms with Crippen molar-refractivity contribution in [3.05, 3.63) is 165 Å². The molecule has 422 valence electrons. The fourth-order valence-electron chi connectivity index (χ4n) is 9.65. The second-order valence-electron chi connectivity index (χ2n) is 18.6. The van der Waals surface area contributed by atoms with Crippen LogP contribution in [0.5, 0.6) is 0 Å². The van der Waals surface area contributed by atoms with Crippen molar-refractivity contribution < 1.29 is 76.9 Å². The van der Waals surface area contributed by atoms with Gasteiger partial charge in [-0.2, -0.15) is 16.8 Å². The number of aromatic carboxylic acids is 3. The summed E-state index contributed by atoms with van der Waals surface area (Å²) in [6.07, 6.45) is 1.03. The molecule has 0 amide bonds. The van der Waals surface area contributed by atoms with E-state index < -0.39 is 89.4 Å². The molecule has 81 heavy (non-hydrogen) atoms. The highest BCUT2D eigenvalue weighted by Gasteiger charge is 2.30. The highest BCUT2D eigenvalue weighted by Crippen LogP contribution is 2.45. The molecule has 8 rings (SSSR count). The number of sulfonamides is 2. The van der Waals surface area contributed by atoms with Crippen molar-refractivity contribution in [3.8, 4) is 22.5 Å². The molecule has 8 N–H and O–H groups in total. The number of anilines is 4. The van der Waals surface area contributed by atoms with Crippen LogP contribution < -0.4 is 20.1 Å². The Hall–Kier alpha value is -8.46. The van der Waals surface area contributed by atoms with Gasteiger partial charge in [-0.05, 0) is 122 Å². The zero-order chi connectivity index (χ0) is 59.3. The Morgan fingerprint density at radius 1 is 0.531 bits per heavy atom. The molecule has 6 aromatic carbocycles. The molecule has 0 saturated carbocycles. The van der Waals surface area contributed by atoms with Gasteiger partial charge in [-0.25, -0.2) is 36.2 Å². The minimum Gasteiger partial charge on any atom is -0.478 e. The van der Waals surface area contributed by atoms with Gasteiger partial charge in [0, 0.05) is 56.7 Å². The molecule has 1 heterocycles. The van der Waals surface area contributed by atoms with E-state index in [0.29, 0.717) is 40.0 Å². The summed E-state index contributed by atoms with van der Waals surface area (Å²) in [5, 5.41) is 32.1. The van der Waals surface area contributed by atoms with Gasteiger partial charge >= 0.3 is 17.9 Å². The Kier molecular flexibility index (Phi) is 16.1. The van der Waals surface area contributed by atoms with Crippen molar-refractivity contribution in [2.45, 2.75) is 86.8 Å². The number of nitrogens with zero attached hydrogens (tertiary/aromatic N) is 1. The normalized spacial score (nSPS) is 12.4. The van der Waals surface area contributed by atoms with E-state index >= 15 is 0 Å². The van der Waals surface area contributed by atoms with Crippen molar-refractivity contribution >= 4 is 97.6 Å². The van der Waals surface area contributed by atoms with Gasteiger partial charge < -0.3 is 25.1 Å². The average Bonchev–Trinajstić information content (AvgIpc) is 3.53. The Labute approximate surface area is 465 Å². The molecule has 21 nitrogen and oxygen atoms in total. The van der Waals surface area contributed by atoms with Crippen molar-refractivity contribution in [1.82, 2.24) is 0 Å². The first-order valence-corrected chi connectivity index (χ1v) is 30.6. The lowest BCUT2D eigenvalue weighted by Gasteiger charge is -2.23. The molecule has 0 bridgehead atoms. The number of carboxylic acids is 3. The van der Waals surface area contributed by atoms with E-state index in [1.807, 2.05) is 13.8 Å². The van der Waals surface area contributed by atoms with E-state index in [4.69, 9.17) is 9.41 Å². The first-order chi connectivity index (χ1) is 38.0. The summed E-state index contributed by atoms with van der Waals surface area (Å²) >= 11 is 0. The molecule has 6 aromatic rings. The summed E-state index contributed by atoms with van der Waals surface area (Å²) < 4.78 is 142. The van der Waals surface area contributed by atoms with Crippen LogP contribution in [0.15, 0.2) is 138 Å². The second kappa shape index (κ2) is 22.2. The molecule has 0 atom stereocenters. The maximum Gasteiger partial charge on any atom is 0.335 e. The minimum atomic E-state index is -5.26. The van der Waals surface area contributed by atoms with E-state index in [-0.39, 0.29) is 85.8 Å². The second-order valence-corrected chi connectivity index (χ2v) is 24.8. The monoisotopic (exact) mass is 1180 g/mol. The molecule has 25 heteroatoms. The number of nitrogens with one attached hydrogen (secondary N) is 3. The molecular weight excluding hydrogens is 1130 g/mol. The van der Waals surface area contributed by atoms with Crippen LogP contribution >= 0.6 is 0 Å². The summed E-state index contributed by atoms with van der Waals surface area (Å²) in [6.45, 7) is 10.4. The van der Waals surface area contributed by atoms with Crippen molar-refractivity contribution in [1.29, 1.82) is 0 Å². The number of rotatable bonds is 19. The summed E-state index contributed by atoms with van der Waals surface area (Å²) in [5.74, 6) is -4.63. The van der Waals surface area contributed by atoms with Gasteiger partial charge in [-0.15, -0.1) is 0 Å². The highest BCUT2D eigenvalue weighted by atomic mass is 32.2. The number of fused-ring (bicyclic) bond motifs is 2. The van der Waals surface area contributed by atoms with Crippen LogP contribution in [0.1, 0.15) is 92.1 Å². The van der Waals surface area contributed by atoms with Crippen molar-refractivity contribution in [2.24, 2.45) is 4.99 Å². The molecule has 0 saturated heterocycles. The van der Waals surface area contributed by atoms with Crippen LogP contribution in [0.25, 0.3) is 33.4 Å². The lowest BCUT2D eigenvalue weighted by atomic mass is 9.93. The topological polar surface area (TPSA) is 351 Å². The maximum atomic E-state index is 14.1. The van der Waals surface area contributed by atoms with Gasteiger partial charge in [0.2, 0.25) is 0 Å². The molecular formula is C56H52N4O17S4. The summed E-state index contributed by atoms with van der Waals surface area (Å²) in [4.78, 5) is 38.0. The lowest BCUT2D eigenvalue weighted by Crippen LogP contribution is -2.18. The smallest absolute Gasteiger partial charge is 0.335 e. The van der Waals surface area contributed by atoms with Gasteiger partial charge in [0.25, 0.3) is 40.3 Å². The first-order valence-electron chi connectivity index (χ1n) is 24.7. The van der Waals surface area contributed by atoms with Crippen molar-refractivity contribution in [3.63, 3.8) is 0 Å². The Morgan fingerprint density at radius 2 is 1.09 bits per heavy atom. The molecule has 0 radical (unpaired) electrons. The van der Waals surface area contributed by atoms with Crippen molar-refractivity contribution in [2.75, 3.05) is 14.8 Å². The predicted octanol–water partition coefficient (Wildman–Crippen LogP) is 10.2. The van der Waals surface area contributed by atoms with Crippen LogP contribution in [0.3, 0.4) is 0 Å². The van der Waals surface area contributed by atoms with Gasteiger partial charge in [-0.3, -0.25) is 18.5 Å². The first kappa shape index (κ1) is 58.7. The SMILES string of the molecule is CCc1cc(C)c(NS(=O)(=O)c2cc(C(=O)O)cc(C(=O)O)c2)c(CC)c1N=c1cc2oc3cc(Nc4c(CC)cc(C)c(NS(=O)(=O)c5cccc(C(=O)O)c5)c4CC)ccc3c(-c3ccccc3S(=O)(=O)O)c-2cc1S(=O)(=O)O. The summed E-state index contributed by atoms with van der Waals surface area (Å²) in [6, 6.07) is 22.9. The van der Waals surface area contributed by atoms with Crippen LogP contribution in [0, 0.1) is 13.8 Å². The number of carbonyl (C=O) groups is 3. The third-order valence-corrected chi connectivity index (χ3v) is 17.9. The lowest BCUT2D eigenvalue weighted by molar-refractivity contribution is 0.0681. The Balaban J connectivity index is 1.37. The maximum absolute atomic E-state index is 14.1. The number of carboxylic acid groups (broad SMARTS) is 3. The predicted molar refractivity (Wildman–Crippen MR) is 302 cm³/mol. The van der Waals surface area contributed by atoms with Crippen LogP contribution in [-0.2, 0) is 66.0 Å². The zero-order valence-electron chi connectivity index (χ0n) is 43.9. The van der Waals surface area contributed by atoms with Gasteiger partial charge in [0.05, 0.1) is 48.9 Å². The standard InChI is InChI=1S/C56H52N4O17S4/c1-7-31-20-29(5)50(59-78(67,68)37-15-13-14-33(23-37)54(61)62)39(9-3)52(31)57-36-18-19-41-45(26-36)77-46-28-44(48(81(74,75)76)27-43(46)49(41)42-16-11-12-17-47(42)80(71,72)73)58-53-32(8-2)21-30(6)51(40(53)10-4)60-79(69,70)38-24-34(55(63)64)22-35(25-38)56(65)66/h11-28,57,59-60H,7-10H2,1-6H3,(H,61,62)(H,63,64)(H,65,66)(H,71,72,73)(H,74,75,76). The van der Waals surface area contributed by atoms with E-state index in [2.05, 4.69) is 14.8 Å². The quantitative estimate of drug-likeness (QED) is 0.0275. The molecule has 0 spiro atoms. The van der Waals surface area contributed by atoms with Gasteiger partial charge in [0.1, 0.15) is 21.1 Å². The average molecular weight is 1180 g/mol. The zero-order valence-corrected chi connectivity index (χ0v) is 47.2. The third kappa shape index (κ3) is 11.8. The van der Waals surface area contributed by atoms with Gasteiger partial charge in [0.15, 0.2) is 0 Å². The largest absolute Gasteiger partial charge is 0.478 e. The molecule has 1 aliphatic carbocycles. The highest BCUT2D eigenvalue weighted by molar-refractivity contribution is 7.93. The Morgan fingerprint density at radius 3 is 1.65 bits per heavy atom. The third-order valence-electron chi connectivity index (χ3n) is 13.4. The van der Waals surface area contributed by atoms with Crippen LogP contribution in [0.2, 0.25) is 0 Å². The fraction of sp³-hybridized carbons (Fsp3) is 0.179. The molecule has 0 unspecified atom stereocenters. The fourth-order valence-corrected chi connectivity index (χ4v) is 13.4. The van der Waals surface area contributed by atoms with E-state index in [1.54, 1.807) is 58.0 Å². The van der Waals surface area contributed by atoms with Crippen LogP contribution in [0.4, 0.5) is 28.4 Å². The molecule has 2 aliphatic rings. The molecule has 0 aromatic heterocycles.